The van der Waals surface area contributed by atoms with Gasteiger partial charge < -0.3 is 25.6 Å². The fraction of sp³-hybridized carbons (Fsp3) is 0.778. The molecule has 7 heteroatoms. The Balaban J connectivity index is 2.49. The van der Waals surface area contributed by atoms with Crippen LogP contribution < -0.4 is 5.73 Å². The number of aliphatic hydroxyl groups excluding tert-OH is 1. The smallest absolute Gasteiger partial charge is 0.305 e. The number of aliphatic carboxylic acids is 1. The van der Waals surface area contributed by atoms with Crippen LogP contribution in [0.15, 0.2) is 0 Å². The summed E-state index contributed by atoms with van der Waals surface area (Å²) in [4.78, 5) is 23.5. The Morgan fingerprint density at radius 1 is 1.56 bits per heavy atom. The van der Waals surface area contributed by atoms with Gasteiger partial charge in [-0.25, -0.2) is 0 Å². The van der Waals surface area contributed by atoms with Gasteiger partial charge in [0.15, 0.2) is 0 Å². The van der Waals surface area contributed by atoms with Crippen molar-refractivity contribution in [2.75, 3.05) is 26.3 Å². The predicted octanol–water partition coefficient (Wildman–Crippen LogP) is -1.99. The Hall–Kier alpha value is -1.18. The number of hydrogen-bond donors (Lipinski definition) is 3. The first-order valence-electron chi connectivity index (χ1n) is 5.03. The summed E-state index contributed by atoms with van der Waals surface area (Å²) in [6.07, 6.45) is -0.797. The highest BCUT2D eigenvalue weighted by molar-refractivity contribution is 5.86. The number of nitrogens with two attached hydrogens (primary N) is 1. The Kier molecular flexibility index (Phi) is 4.66. The van der Waals surface area contributed by atoms with Gasteiger partial charge in [0.1, 0.15) is 0 Å². The molecule has 0 aromatic carbocycles. The first kappa shape index (κ1) is 12.9. The van der Waals surface area contributed by atoms with Gasteiger partial charge in [-0.15, -0.1) is 0 Å². The van der Waals surface area contributed by atoms with E-state index in [-0.39, 0.29) is 19.6 Å². The third-order valence-corrected chi connectivity index (χ3v) is 2.37. The van der Waals surface area contributed by atoms with Crippen molar-refractivity contribution < 1.29 is 24.5 Å². The molecule has 1 aliphatic heterocycles. The molecular weight excluding hydrogens is 216 g/mol. The number of morpholine rings is 1. The lowest BCUT2D eigenvalue weighted by molar-refractivity contribution is -0.146. The average Bonchev–Trinajstić information content (AvgIpc) is 2.27. The SMILES string of the molecule is NC(CC(=O)O)C(=O)N1CCOC(CO)C1. The number of rotatable bonds is 4. The molecule has 1 fully saturated rings. The van der Waals surface area contributed by atoms with Crippen molar-refractivity contribution in [3.8, 4) is 0 Å². The molecule has 0 radical (unpaired) electrons. The van der Waals surface area contributed by atoms with E-state index in [4.69, 9.17) is 20.7 Å². The standard InChI is InChI=1S/C9H16N2O5/c10-7(3-8(13)14)9(15)11-1-2-16-6(4-11)5-12/h6-7,12H,1-5,10H2,(H,13,14). The zero-order valence-corrected chi connectivity index (χ0v) is 8.83. The first-order valence-corrected chi connectivity index (χ1v) is 5.03. The Morgan fingerprint density at radius 3 is 2.81 bits per heavy atom. The lowest BCUT2D eigenvalue weighted by Gasteiger charge is -2.33. The molecule has 0 aliphatic carbocycles. The maximum absolute atomic E-state index is 11.7. The molecule has 16 heavy (non-hydrogen) atoms. The molecule has 2 unspecified atom stereocenters. The number of hydrogen-bond acceptors (Lipinski definition) is 5. The Labute approximate surface area is 92.8 Å². The summed E-state index contributed by atoms with van der Waals surface area (Å²) in [5.41, 5.74) is 5.46. The molecule has 0 aromatic heterocycles. The van der Waals surface area contributed by atoms with E-state index in [9.17, 15) is 9.59 Å². The maximum Gasteiger partial charge on any atom is 0.305 e. The molecule has 2 atom stereocenters. The van der Waals surface area contributed by atoms with Gasteiger partial charge in [-0.05, 0) is 0 Å². The molecule has 1 amide bonds. The van der Waals surface area contributed by atoms with Gasteiger partial charge >= 0.3 is 5.97 Å². The molecular formula is C9H16N2O5. The fourth-order valence-corrected chi connectivity index (χ4v) is 1.54. The van der Waals surface area contributed by atoms with Crippen LogP contribution in [0.3, 0.4) is 0 Å². The van der Waals surface area contributed by atoms with Crippen LogP contribution in [0.25, 0.3) is 0 Å². The summed E-state index contributed by atoms with van der Waals surface area (Å²) < 4.78 is 5.17. The molecule has 0 saturated carbocycles. The van der Waals surface area contributed by atoms with Crippen LogP contribution in [-0.4, -0.2) is 65.4 Å². The largest absolute Gasteiger partial charge is 0.481 e. The van der Waals surface area contributed by atoms with Crippen molar-refractivity contribution >= 4 is 11.9 Å². The molecule has 1 aliphatic rings. The van der Waals surface area contributed by atoms with Crippen LogP contribution in [0.1, 0.15) is 6.42 Å². The van der Waals surface area contributed by atoms with E-state index in [1.807, 2.05) is 0 Å². The second-order valence-electron chi connectivity index (χ2n) is 3.66. The lowest BCUT2D eigenvalue weighted by atomic mass is 10.1. The minimum absolute atomic E-state index is 0.169. The highest BCUT2D eigenvalue weighted by Gasteiger charge is 2.28. The van der Waals surface area contributed by atoms with Crippen molar-refractivity contribution in [2.24, 2.45) is 5.73 Å². The van der Waals surface area contributed by atoms with Gasteiger partial charge in [0.25, 0.3) is 0 Å². The lowest BCUT2D eigenvalue weighted by Crippen LogP contribution is -2.52. The summed E-state index contributed by atoms with van der Waals surface area (Å²) in [6.45, 7) is 0.792. The van der Waals surface area contributed by atoms with Crippen LogP contribution in [0.2, 0.25) is 0 Å². The van der Waals surface area contributed by atoms with Crippen molar-refractivity contribution in [2.45, 2.75) is 18.6 Å². The zero-order chi connectivity index (χ0) is 12.1. The van der Waals surface area contributed by atoms with Crippen LogP contribution in [-0.2, 0) is 14.3 Å². The number of aliphatic hydroxyl groups is 1. The topological polar surface area (TPSA) is 113 Å². The third kappa shape index (κ3) is 3.44. The second-order valence-corrected chi connectivity index (χ2v) is 3.66. The number of amides is 1. The van der Waals surface area contributed by atoms with Crippen LogP contribution >= 0.6 is 0 Å². The number of carbonyl (C=O) groups is 2. The van der Waals surface area contributed by atoms with Crippen LogP contribution in [0.5, 0.6) is 0 Å². The summed E-state index contributed by atoms with van der Waals surface area (Å²) >= 11 is 0. The van der Waals surface area contributed by atoms with Gasteiger partial charge in [-0.3, -0.25) is 9.59 Å². The van der Waals surface area contributed by atoms with Gasteiger partial charge in [-0.2, -0.15) is 0 Å². The molecule has 1 saturated heterocycles. The van der Waals surface area contributed by atoms with Crippen molar-refractivity contribution in [1.82, 2.24) is 4.90 Å². The Morgan fingerprint density at radius 2 is 2.25 bits per heavy atom. The molecule has 0 spiro atoms. The number of ether oxygens (including phenoxy) is 1. The quantitative estimate of drug-likeness (QED) is 0.517. The maximum atomic E-state index is 11.7. The molecule has 1 heterocycles. The fourth-order valence-electron chi connectivity index (χ4n) is 1.54. The minimum atomic E-state index is -1.10. The third-order valence-electron chi connectivity index (χ3n) is 2.37. The summed E-state index contributed by atoms with van der Waals surface area (Å²) in [7, 11) is 0. The molecule has 92 valence electrons. The van der Waals surface area contributed by atoms with Crippen molar-refractivity contribution in [3.05, 3.63) is 0 Å². The van der Waals surface area contributed by atoms with Crippen LogP contribution in [0.4, 0.5) is 0 Å². The van der Waals surface area contributed by atoms with Gasteiger partial charge in [0, 0.05) is 13.1 Å². The number of carboxylic acids is 1. The summed E-state index contributed by atoms with van der Waals surface area (Å²) in [5, 5.41) is 17.4. The van der Waals surface area contributed by atoms with E-state index < -0.39 is 24.0 Å². The zero-order valence-electron chi connectivity index (χ0n) is 8.83. The van der Waals surface area contributed by atoms with E-state index in [2.05, 4.69) is 0 Å². The average molecular weight is 232 g/mol. The minimum Gasteiger partial charge on any atom is -0.481 e. The van der Waals surface area contributed by atoms with Gasteiger partial charge in [-0.1, -0.05) is 0 Å². The highest BCUT2D eigenvalue weighted by Crippen LogP contribution is 2.07. The first-order chi connectivity index (χ1) is 7.54. The predicted molar refractivity (Wildman–Crippen MR) is 53.6 cm³/mol. The van der Waals surface area contributed by atoms with Crippen molar-refractivity contribution in [1.29, 1.82) is 0 Å². The van der Waals surface area contributed by atoms with E-state index in [0.29, 0.717) is 13.2 Å². The van der Waals surface area contributed by atoms with Gasteiger partial charge in [0.2, 0.25) is 5.91 Å². The molecule has 1 rings (SSSR count). The summed E-state index contributed by atoms with van der Waals surface area (Å²) in [5.74, 6) is -1.52. The van der Waals surface area contributed by atoms with E-state index in [1.165, 1.54) is 4.90 Å². The second kappa shape index (κ2) is 5.78. The monoisotopic (exact) mass is 232 g/mol. The molecule has 4 N–H and O–H groups in total. The molecule has 0 bridgehead atoms. The molecule has 0 aromatic rings. The molecule has 7 nitrogen and oxygen atoms in total. The van der Waals surface area contributed by atoms with E-state index in [0.717, 1.165) is 0 Å². The highest BCUT2D eigenvalue weighted by atomic mass is 16.5. The Bertz CT molecular complexity index is 271. The normalized spacial score (nSPS) is 22.9. The van der Waals surface area contributed by atoms with Crippen molar-refractivity contribution in [3.63, 3.8) is 0 Å². The van der Waals surface area contributed by atoms with Crippen LogP contribution in [0, 0.1) is 0 Å². The number of nitrogens with zero attached hydrogens (tertiary/aromatic N) is 1. The van der Waals surface area contributed by atoms with Gasteiger partial charge in [0.05, 0.1) is 31.8 Å². The van der Waals surface area contributed by atoms with E-state index >= 15 is 0 Å². The van der Waals surface area contributed by atoms with E-state index in [1.54, 1.807) is 0 Å². The number of carbonyl (C=O) groups excluding carboxylic acids is 1. The number of carboxylic acid groups (broad SMARTS) is 1. The summed E-state index contributed by atoms with van der Waals surface area (Å²) in [6, 6.07) is -1.03.